The fourth-order valence-electron chi connectivity index (χ4n) is 2.50. The van der Waals surface area contributed by atoms with Crippen LogP contribution >= 0.6 is 0 Å². The van der Waals surface area contributed by atoms with E-state index in [-0.39, 0.29) is 12.5 Å². The SMILES string of the molecule is CN=C(C)O[C@H]1O[C@H](COC(C)=O)[C@@H](OC(C)=O)[C@H](OC(C)=O)[C@H]1OC(C)=O. The van der Waals surface area contributed by atoms with E-state index in [1.165, 1.54) is 20.9 Å². The molecule has 1 fully saturated rings. The van der Waals surface area contributed by atoms with E-state index in [0.717, 1.165) is 20.8 Å². The highest BCUT2D eigenvalue weighted by Gasteiger charge is 2.53. The lowest BCUT2D eigenvalue weighted by Crippen LogP contribution is -2.63. The summed E-state index contributed by atoms with van der Waals surface area (Å²) in [6.07, 6.45) is -6.07. The van der Waals surface area contributed by atoms with Crippen molar-refractivity contribution in [3.63, 3.8) is 0 Å². The smallest absolute Gasteiger partial charge is 0.303 e. The van der Waals surface area contributed by atoms with Crippen LogP contribution in [0.2, 0.25) is 0 Å². The summed E-state index contributed by atoms with van der Waals surface area (Å²) in [5, 5.41) is 0. The predicted octanol–water partition coefficient (Wildman–Crippen LogP) is 0.134. The van der Waals surface area contributed by atoms with E-state index in [2.05, 4.69) is 4.99 Å². The lowest BCUT2D eigenvalue weighted by molar-refractivity contribution is -0.291. The summed E-state index contributed by atoms with van der Waals surface area (Å²) in [4.78, 5) is 49.8. The lowest BCUT2D eigenvalue weighted by Gasteiger charge is -2.43. The summed E-state index contributed by atoms with van der Waals surface area (Å²) in [6, 6.07) is 0. The molecule has 0 aromatic heterocycles. The highest BCUT2D eigenvalue weighted by Crippen LogP contribution is 2.30. The summed E-state index contributed by atoms with van der Waals surface area (Å²) in [7, 11) is 1.47. The van der Waals surface area contributed by atoms with Crippen molar-refractivity contribution in [1.82, 2.24) is 0 Å². The molecule has 0 bridgehead atoms. The molecule has 0 aromatic carbocycles. The van der Waals surface area contributed by atoms with Crippen molar-refractivity contribution in [2.45, 2.75) is 65.3 Å². The Morgan fingerprint density at radius 1 is 0.750 bits per heavy atom. The van der Waals surface area contributed by atoms with Gasteiger partial charge in [0.15, 0.2) is 18.1 Å². The van der Waals surface area contributed by atoms with Crippen LogP contribution in [-0.2, 0) is 47.6 Å². The molecule has 11 heteroatoms. The van der Waals surface area contributed by atoms with Gasteiger partial charge in [-0.05, 0) is 0 Å². The molecule has 28 heavy (non-hydrogen) atoms. The second-order valence-electron chi connectivity index (χ2n) is 5.93. The molecule has 1 saturated heterocycles. The van der Waals surface area contributed by atoms with Gasteiger partial charge in [0, 0.05) is 41.7 Å². The summed E-state index contributed by atoms with van der Waals surface area (Å²) in [5.74, 6) is -2.52. The number of esters is 4. The van der Waals surface area contributed by atoms with Gasteiger partial charge in [0.25, 0.3) is 0 Å². The number of rotatable bonds is 6. The lowest BCUT2D eigenvalue weighted by atomic mass is 9.98. The van der Waals surface area contributed by atoms with Crippen LogP contribution in [-0.4, -0.2) is 74.1 Å². The number of carbonyl (C=O) groups is 4. The maximum atomic E-state index is 11.6. The topological polar surface area (TPSA) is 136 Å². The molecule has 1 rings (SSSR count). The van der Waals surface area contributed by atoms with Crippen molar-refractivity contribution in [3.05, 3.63) is 0 Å². The zero-order chi connectivity index (χ0) is 21.4. The van der Waals surface area contributed by atoms with Gasteiger partial charge in [0.2, 0.25) is 12.4 Å². The van der Waals surface area contributed by atoms with Gasteiger partial charge < -0.3 is 28.4 Å². The Labute approximate surface area is 162 Å². The molecule has 0 amide bonds. The normalized spacial score (nSPS) is 27.4. The number of carbonyl (C=O) groups excluding carboxylic acids is 4. The van der Waals surface area contributed by atoms with Crippen molar-refractivity contribution in [1.29, 1.82) is 0 Å². The zero-order valence-corrected chi connectivity index (χ0v) is 16.6. The van der Waals surface area contributed by atoms with Crippen LogP contribution in [0.15, 0.2) is 4.99 Å². The molecule has 0 aliphatic carbocycles. The molecule has 0 unspecified atom stereocenters. The number of aliphatic imine (C=N–C) groups is 1. The molecule has 1 heterocycles. The van der Waals surface area contributed by atoms with Gasteiger partial charge in [-0.2, -0.15) is 0 Å². The fraction of sp³-hybridized carbons (Fsp3) is 0.706. The Balaban J connectivity index is 3.32. The van der Waals surface area contributed by atoms with Crippen molar-refractivity contribution in [2.24, 2.45) is 4.99 Å². The monoisotopic (exact) mass is 403 g/mol. The Hall–Kier alpha value is -2.69. The number of ether oxygens (including phenoxy) is 6. The van der Waals surface area contributed by atoms with Gasteiger partial charge in [0.05, 0.1) is 0 Å². The van der Waals surface area contributed by atoms with E-state index in [1.807, 2.05) is 0 Å². The minimum Gasteiger partial charge on any atom is -0.463 e. The summed E-state index contributed by atoms with van der Waals surface area (Å²) >= 11 is 0. The second-order valence-corrected chi connectivity index (χ2v) is 5.93. The van der Waals surface area contributed by atoms with Gasteiger partial charge in [-0.1, -0.05) is 0 Å². The first-order valence-electron chi connectivity index (χ1n) is 8.45. The number of hydrogen-bond donors (Lipinski definition) is 0. The molecule has 158 valence electrons. The maximum absolute atomic E-state index is 11.6. The Bertz CT molecular complexity index is 631. The Kier molecular flexibility index (Phi) is 8.83. The first-order chi connectivity index (χ1) is 13.0. The van der Waals surface area contributed by atoms with Crippen LogP contribution in [0.4, 0.5) is 0 Å². The largest absolute Gasteiger partial charge is 0.463 e. The molecule has 1 aliphatic rings. The van der Waals surface area contributed by atoms with Gasteiger partial charge in [-0.15, -0.1) is 0 Å². The van der Waals surface area contributed by atoms with Crippen molar-refractivity contribution >= 4 is 29.8 Å². The number of hydrogen-bond acceptors (Lipinski definition) is 11. The molecule has 1 aliphatic heterocycles. The molecule has 0 radical (unpaired) electrons. The Morgan fingerprint density at radius 3 is 1.71 bits per heavy atom. The van der Waals surface area contributed by atoms with E-state index in [1.54, 1.807) is 0 Å². The quantitative estimate of drug-likeness (QED) is 0.260. The average Bonchev–Trinajstić information content (AvgIpc) is 2.57. The average molecular weight is 403 g/mol. The van der Waals surface area contributed by atoms with Crippen LogP contribution < -0.4 is 0 Å². The van der Waals surface area contributed by atoms with Crippen LogP contribution in [0.5, 0.6) is 0 Å². The first-order valence-corrected chi connectivity index (χ1v) is 8.45. The minimum atomic E-state index is -1.27. The summed E-state index contributed by atoms with van der Waals surface area (Å²) in [5.41, 5.74) is 0. The Morgan fingerprint density at radius 2 is 1.25 bits per heavy atom. The third-order valence-electron chi connectivity index (χ3n) is 3.55. The molecule has 0 aromatic rings. The van der Waals surface area contributed by atoms with Gasteiger partial charge >= 0.3 is 23.9 Å². The van der Waals surface area contributed by atoms with Gasteiger partial charge in [-0.3, -0.25) is 24.2 Å². The predicted molar refractivity (Wildman–Crippen MR) is 92.1 cm³/mol. The molecule has 5 atom stereocenters. The van der Waals surface area contributed by atoms with Crippen LogP contribution in [0.25, 0.3) is 0 Å². The molecular formula is C17H25NO10. The van der Waals surface area contributed by atoms with Gasteiger partial charge in [-0.25, -0.2) is 0 Å². The third-order valence-corrected chi connectivity index (χ3v) is 3.55. The summed E-state index contributed by atoms with van der Waals surface area (Å²) < 4.78 is 31.9. The van der Waals surface area contributed by atoms with E-state index >= 15 is 0 Å². The molecule has 11 nitrogen and oxygen atoms in total. The highest BCUT2D eigenvalue weighted by atomic mass is 16.7. The molecule has 0 saturated carbocycles. The van der Waals surface area contributed by atoms with Crippen molar-refractivity contribution in [2.75, 3.05) is 13.7 Å². The van der Waals surface area contributed by atoms with Crippen LogP contribution in [0, 0.1) is 0 Å². The molecule has 0 N–H and O–H groups in total. The molecular weight excluding hydrogens is 378 g/mol. The van der Waals surface area contributed by atoms with E-state index in [0.29, 0.717) is 0 Å². The van der Waals surface area contributed by atoms with E-state index in [9.17, 15) is 19.2 Å². The van der Waals surface area contributed by atoms with Crippen molar-refractivity contribution < 1.29 is 47.6 Å². The highest BCUT2D eigenvalue weighted by molar-refractivity contribution is 5.73. The second kappa shape index (κ2) is 10.6. The van der Waals surface area contributed by atoms with Crippen LogP contribution in [0.3, 0.4) is 0 Å². The minimum absolute atomic E-state index is 0.195. The maximum Gasteiger partial charge on any atom is 0.303 e. The van der Waals surface area contributed by atoms with E-state index < -0.39 is 54.6 Å². The zero-order valence-electron chi connectivity index (χ0n) is 16.6. The first kappa shape index (κ1) is 23.3. The van der Waals surface area contributed by atoms with Crippen LogP contribution in [0.1, 0.15) is 34.6 Å². The standard InChI is InChI=1S/C17H25NO10/c1-8(18-6)24-17-16(27-12(5)22)15(26-11(4)21)14(25-10(3)20)13(28-17)7-23-9(2)19/h13-17H,7H2,1-6H3/t13-,14-,15+,16-,17+/m1/s1. The van der Waals surface area contributed by atoms with Gasteiger partial charge in [0.1, 0.15) is 12.7 Å². The fourth-order valence-corrected chi connectivity index (χ4v) is 2.50. The molecule has 0 spiro atoms. The van der Waals surface area contributed by atoms with E-state index in [4.69, 9.17) is 28.4 Å². The van der Waals surface area contributed by atoms with Crippen molar-refractivity contribution in [3.8, 4) is 0 Å². The third kappa shape index (κ3) is 7.14. The summed E-state index contributed by atoms with van der Waals surface area (Å²) in [6.45, 7) is 5.84. The number of nitrogens with zero attached hydrogens (tertiary/aromatic N) is 1.